The molecule has 0 fully saturated rings. The Balaban J connectivity index is 2.92. The van der Waals surface area contributed by atoms with Crippen LogP contribution in [0.15, 0.2) is 12.1 Å². The molecule has 1 unspecified atom stereocenters. The molecule has 0 heterocycles. The third-order valence-electron chi connectivity index (χ3n) is 3.02. The highest BCUT2D eigenvalue weighted by Crippen LogP contribution is 2.20. The molecule has 0 saturated heterocycles. The topological polar surface area (TPSA) is 50.4 Å². The maximum Gasteiger partial charge on any atom is 0.251 e. The van der Waals surface area contributed by atoms with Gasteiger partial charge < -0.3 is 15.4 Å². The van der Waals surface area contributed by atoms with E-state index in [2.05, 4.69) is 10.6 Å². The minimum atomic E-state index is -0.800. The van der Waals surface area contributed by atoms with Crippen molar-refractivity contribution in [2.75, 3.05) is 26.1 Å². The summed E-state index contributed by atoms with van der Waals surface area (Å²) in [6, 6.07) is 1.80. The van der Waals surface area contributed by atoms with Gasteiger partial charge in [-0.1, -0.05) is 13.8 Å². The average molecular weight is 286 g/mol. The molecule has 0 radical (unpaired) electrons. The van der Waals surface area contributed by atoms with E-state index in [1.54, 1.807) is 0 Å². The van der Waals surface area contributed by atoms with Crippen LogP contribution in [0, 0.1) is 17.6 Å². The zero-order valence-electron chi connectivity index (χ0n) is 12.1. The lowest BCUT2D eigenvalue weighted by Gasteiger charge is -2.21. The van der Waals surface area contributed by atoms with Crippen LogP contribution in [0.5, 0.6) is 0 Å². The van der Waals surface area contributed by atoms with Crippen molar-refractivity contribution in [1.82, 2.24) is 5.32 Å². The van der Waals surface area contributed by atoms with Crippen LogP contribution in [0.4, 0.5) is 14.5 Å². The average Bonchev–Trinajstić information content (AvgIpc) is 2.37. The second kappa shape index (κ2) is 7.19. The first-order valence-electron chi connectivity index (χ1n) is 6.37. The molecule has 0 bridgehead atoms. The van der Waals surface area contributed by atoms with Gasteiger partial charge >= 0.3 is 0 Å². The number of hydrogen-bond donors (Lipinski definition) is 2. The van der Waals surface area contributed by atoms with Gasteiger partial charge in [0.15, 0.2) is 0 Å². The lowest BCUT2D eigenvalue weighted by Crippen LogP contribution is -2.41. The van der Waals surface area contributed by atoms with Crippen molar-refractivity contribution in [3.05, 3.63) is 29.3 Å². The normalized spacial score (nSPS) is 12.3. The SMILES string of the molecule is CNc1c(F)cc(C(=O)NC(COC)C(C)C)cc1F. The summed E-state index contributed by atoms with van der Waals surface area (Å²) in [6.45, 7) is 4.19. The molecule has 0 aliphatic carbocycles. The number of hydrogen-bond acceptors (Lipinski definition) is 3. The van der Waals surface area contributed by atoms with Crippen molar-refractivity contribution in [3.8, 4) is 0 Å². The fraction of sp³-hybridized carbons (Fsp3) is 0.500. The van der Waals surface area contributed by atoms with E-state index in [1.165, 1.54) is 14.2 Å². The van der Waals surface area contributed by atoms with Crippen molar-refractivity contribution in [2.24, 2.45) is 5.92 Å². The van der Waals surface area contributed by atoms with Crippen molar-refractivity contribution in [3.63, 3.8) is 0 Å². The third kappa shape index (κ3) is 3.90. The summed E-state index contributed by atoms with van der Waals surface area (Å²) in [4.78, 5) is 12.0. The first-order chi connectivity index (χ1) is 9.40. The molecule has 4 nitrogen and oxygen atoms in total. The van der Waals surface area contributed by atoms with Crippen LogP contribution in [-0.2, 0) is 4.74 Å². The second-order valence-electron chi connectivity index (χ2n) is 4.84. The van der Waals surface area contributed by atoms with Crippen LogP contribution in [0.25, 0.3) is 0 Å². The summed E-state index contributed by atoms with van der Waals surface area (Å²) in [7, 11) is 2.94. The quantitative estimate of drug-likeness (QED) is 0.844. The van der Waals surface area contributed by atoms with Gasteiger partial charge in [-0.15, -0.1) is 0 Å². The summed E-state index contributed by atoms with van der Waals surface area (Å²) in [5, 5.41) is 5.12. The van der Waals surface area contributed by atoms with Gasteiger partial charge in [0.1, 0.15) is 17.3 Å². The van der Waals surface area contributed by atoms with Gasteiger partial charge in [-0.3, -0.25) is 4.79 Å². The van der Waals surface area contributed by atoms with Crippen molar-refractivity contribution < 1.29 is 18.3 Å². The Hall–Kier alpha value is -1.69. The molecule has 112 valence electrons. The Morgan fingerprint density at radius 1 is 1.30 bits per heavy atom. The number of rotatable bonds is 6. The number of halogens is 2. The number of nitrogens with one attached hydrogen (secondary N) is 2. The number of amides is 1. The van der Waals surface area contributed by atoms with Crippen LogP contribution >= 0.6 is 0 Å². The largest absolute Gasteiger partial charge is 0.383 e. The van der Waals surface area contributed by atoms with Crippen molar-refractivity contribution in [2.45, 2.75) is 19.9 Å². The van der Waals surface area contributed by atoms with E-state index in [9.17, 15) is 13.6 Å². The Kier molecular flexibility index (Phi) is 5.88. The number of methoxy groups -OCH3 is 1. The maximum absolute atomic E-state index is 13.6. The first kappa shape index (κ1) is 16.4. The zero-order valence-corrected chi connectivity index (χ0v) is 12.1. The van der Waals surface area contributed by atoms with Crippen LogP contribution < -0.4 is 10.6 Å². The van der Waals surface area contributed by atoms with Gasteiger partial charge in [0, 0.05) is 19.7 Å². The Bertz CT molecular complexity index is 455. The van der Waals surface area contributed by atoms with Gasteiger partial charge in [-0.25, -0.2) is 8.78 Å². The lowest BCUT2D eigenvalue weighted by molar-refractivity contribution is 0.0866. The highest BCUT2D eigenvalue weighted by Gasteiger charge is 2.19. The highest BCUT2D eigenvalue weighted by atomic mass is 19.1. The van der Waals surface area contributed by atoms with Gasteiger partial charge in [-0.05, 0) is 18.1 Å². The summed E-state index contributed by atoms with van der Waals surface area (Å²) in [5.74, 6) is -1.98. The van der Waals surface area contributed by atoms with Gasteiger partial charge in [0.05, 0.1) is 12.6 Å². The van der Waals surface area contributed by atoms with E-state index in [0.717, 1.165) is 12.1 Å². The molecule has 20 heavy (non-hydrogen) atoms. The molecular weight excluding hydrogens is 266 g/mol. The molecule has 1 amide bonds. The molecule has 1 aromatic rings. The predicted octanol–water partition coefficient (Wildman–Crippen LogP) is 2.41. The van der Waals surface area contributed by atoms with E-state index in [4.69, 9.17) is 4.74 Å². The number of anilines is 1. The summed E-state index contributed by atoms with van der Waals surface area (Å²) >= 11 is 0. The highest BCUT2D eigenvalue weighted by molar-refractivity contribution is 5.94. The Morgan fingerprint density at radius 2 is 1.85 bits per heavy atom. The first-order valence-corrected chi connectivity index (χ1v) is 6.37. The third-order valence-corrected chi connectivity index (χ3v) is 3.02. The molecular formula is C14H20F2N2O2. The van der Waals surface area contributed by atoms with Crippen molar-refractivity contribution >= 4 is 11.6 Å². The molecule has 0 aromatic heterocycles. The number of ether oxygens (including phenoxy) is 1. The van der Waals surface area contributed by atoms with E-state index >= 15 is 0 Å². The second-order valence-corrected chi connectivity index (χ2v) is 4.84. The molecule has 1 aromatic carbocycles. The number of carbonyl (C=O) groups excluding carboxylic acids is 1. The standard InChI is InChI=1S/C14H20F2N2O2/c1-8(2)12(7-20-4)18-14(19)9-5-10(15)13(17-3)11(16)6-9/h5-6,8,12,17H,7H2,1-4H3,(H,18,19). The molecule has 1 rings (SSSR count). The zero-order chi connectivity index (χ0) is 15.3. The van der Waals surface area contributed by atoms with Crippen LogP contribution in [0.1, 0.15) is 24.2 Å². The molecule has 1 atom stereocenters. The van der Waals surface area contributed by atoms with E-state index < -0.39 is 17.5 Å². The number of carbonyl (C=O) groups is 1. The number of benzene rings is 1. The van der Waals surface area contributed by atoms with Crippen molar-refractivity contribution in [1.29, 1.82) is 0 Å². The van der Waals surface area contributed by atoms with Crippen LogP contribution in [0.2, 0.25) is 0 Å². The van der Waals surface area contributed by atoms with Crippen LogP contribution in [0.3, 0.4) is 0 Å². The Morgan fingerprint density at radius 3 is 2.25 bits per heavy atom. The fourth-order valence-electron chi connectivity index (χ4n) is 1.78. The minimum Gasteiger partial charge on any atom is -0.383 e. The monoisotopic (exact) mass is 286 g/mol. The predicted molar refractivity (Wildman–Crippen MR) is 73.9 cm³/mol. The molecule has 6 heteroatoms. The van der Waals surface area contributed by atoms with Gasteiger partial charge in [-0.2, -0.15) is 0 Å². The van der Waals surface area contributed by atoms with E-state index in [-0.39, 0.29) is 23.2 Å². The smallest absolute Gasteiger partial charge is 0.251 e. The molecule has 2 N–H and O–H groups in total. The molecule has 0 aliphatic rings. The molecule has 0 spiro atoms. The summed E-state index contributed by atoms with van der Waals surface area (Å²) in [6.07, 6.45) is 0. The Labute approximate surface area is 117 Å². The fourth-order valence-corrected chi connectivity index (χ4v) is 1.78. The molecule has 0 aliphatic heterocycles. The van der Waals surface area contributed by atoms with E-state index in [1.807, 2.05) is 13.8 Å². The van der Waals surface area contributed by atoms with Gasteiger partial charge in [0.25, 0.3) is 5.91 Å². The minimum absolute atomic E-state index is 0.0549. The van der Waals surface area contributed by atoms with Crippen LogP contribution in [-0.4, -0.2) is 32.7 Å². The maximum atomic E-state index is 13.6. The summed E-state index contributed by atoms with van der Waals surface area (Å²) < 4.78 is 32.2. The van der Waals surface area contributed by atoms with E-state index in [0.29, 0.717) is 6.61 Å². The van der Waals surface area contributed by atoms with Gasteiger partial charge in [0.2, 0.25) is 0 Å². The summed E-state index contributed by atoms with van der Waals surface area (Å²) in [5.41, 5.74) is -0.306. The molecule has 0 saturated carbocycles. The lowest BCUT2D eigenvalue weighted by atomic mass is 10.0.